The van der Waals surface area contributed by atoms with E-state index in [4.69, 9.17) is 9.73 Å². The van der Waals surface area contributed by atoms with Gasteiger partial charge in [-0.3, -0.25) is 9.79 Å². The minimum atomic E-state index is 0. The number of anilines is 1. The summed E-state index contributed by atoms with van der Waals surface area (Å²) in [6.45, 7) is 6.28. The monoisotopic (exact) mass is 539 g/mol. The first-order chi connectivity index (χ1) is 14.7. The Morgan fingerprint density at radius 1 is 1.19 bits per heavy atom. The van der Waals surface area contributed by atoms with Crippen LogP contribution in [-0.2, 0) is 6.54 Å². The van der Waals surface area contributed by atoms with Crippen LogP contribution in [0.5, 0.6) is 5.75 Å². The molecular weight excluding hydrogens is 505 g/mol. The smallest absolute Gasteiger partial charge is 0.250 e. The molecule has 0 aliphatic carbocycles. The lowest BCUT2D eigenvalue weighted by Gasteiger charge is -2.22. The Bertz CT molecular complexity index is 886. The molecule has 1 aliphatic rings. The maximum absolute atomic E-state index is 11.7. The highest BCUT2D eigenvalue weighted by atomic mass is 127. The second kappa shape index (κ2) is 13.2. The van der Waals surface area contributed by atoms with Crippen LogP contribution in [0.25, 0.3) is 0 Å². The number of guanidine groups is 1. The number of methoxy groups -OCH3 is 1. The molecule has 2 heterocycles. The molecule has 31 heavy (non-hydrogen) atoms. The largest absolute Gasteiger partial charge is 0.495 e. The third-order valence-corrected chi connectivity index (χ3v) is 5.28. The Kier molecular flexibility index (Phi) is 10.7. The van der Waals surface area contributed by atoms with E-state index in [-0.39, 0.29) is 29.5 Å². The summed E-state index contributed by atoms with van der Waals surface area (Å²) < 4.78 is 7.26. The maximum Gasteiger partial charge on any atom is 0.250 e. The predicted molar refractivity (Wildman–Crippen MR) is 138 cm³/mol. The molecule has 2 aromatic rings. The number of unbranched alkanes of at least 4 members (excludes halogenated alkanes) is 1. The average molecular weight is 539 g/mol. The van der Waals surface area contributed by atoms with Gasteiger partial charge < -0.3 is 24.8 Å². The number of aliphatic imine (C=N–C) groups is 1. The SMILES string of the molecule is CCNC(=NCCCCn1ccccc1=O)NC1CCN(c2ccccc2OC)C1.I. The lowest BCUT2D eigenvalue weighted by atomic mass is 10.2. The summed E-state index contributed by atoms with van der Waals surface area (Å²) in [7, 11) is 1.72. The van der Waals surface area contributed by atoms with Crippen molar-refractivity contribution in [2.45, 2.75) is 38.8 Å². The topological polar surface area (TPSA) is 70.9 Å². The first kappa shape index (κ1) is 25.0. The van der Waals surface area contributed by atoms with Crippen LogP contribution < -0.4 is 25.8 Å². The molecule has 8 heteroatoms. The molecule has 170 valence electrons. The van der Waals surface area contributed by atoms with Crippen LogP contribution in [0.2, 0.25) is 0 Å². The van der Waals surface area contributed by atoms with Gasteiger partial charge in [0, 0.05) is 51.0 Å². The van der Waals surface area contributed by atoms with Crippen LogP contribution in [0.3, 0.4) is 0 Å². The van der Waals surface area contributed by atoms with E-state index in [1.165, 1.54) is 0 Å². The number of aromatic nitrogens is 1. The second-order valence-electron chi connectivity index (χ2n) is 7.45. The number of nitrogens with zero attached hydrogens (tertiary/aromatic N) is 3. The maximum atomic E-state index is 11.7. The summed E-state index contributed by atoms with van der Waals surface area (Å²) in [6.07, 6.45) is 4.76. The normalized spacial score (nSPS) is 16.0. The van der Waals surface area contributed by atoms with E-state index in [9.17, 15) is 4.79 Å². The number of hydrogen-bond donors (Lipinski definition) is 2. The van der Waals surface area contributed by atoms with Gasteiger partial charge in [0.1, 0.15) is 5.75 Å². The Hall–Kier alpha value is -2.23. The number of benzene rings is 1. The molecule has 0 saturated carbocycles. The Labute approximate surface area is 201 Å². The van der Waals surface area contributed by atoms with Crippen LogP contribution in [0.4, 0.5) is 5.69 Å². The summed E-state index contributed by atoms with van der Waals surface area (Å²) in [4.78, 5) is 18.8. The molecule has 1 aliphatic heterocycles. The highest BCUT2D eigenvalue weighted by molar-refractivity contribution is 14.0. The molecule has 2 N–H and O–H groups in total. The number of hydrogen-bond acceptors (Lipinski definition) is 4. The Balaban J connectivity index is 0.00000341. The standard InChI is InChI=1S/C23H33N5O2.HI/c1-3-24-23(25-14-7-9-16-27-15-8-6-12-22(27)29)26-19-13-17-28(18-19)20-10-4-5-11-21(20)30-2;/h4-6,8,10-12,15,19H,3,7,9,13-14,16-18H2,1-2H3,(H2,24,25,26);1H. The van der Waals surface area contributed by atoms with Gasteiger partial charge in [-0.2, -0.15) is 0 Å². The van der Waals surface area contributed by atoms with E-state index in [0.29, 0.717) is 6.04 Å². The number of ether oxygens (including phenoxy) is 1. The highest BCUT2D eigenvalue weighted by Gasteiger charge is 2.25. The van der Waals surface area contributed by atoms with Crippen molar-refractivity contribution in [3.05, 3.63) is 59.0 Å². The van der Waals surface area contributed by atoms with Crippen molar-refractivity contribution in [3.8, 4) is 5.75 Å². The van der Waals surface area contributed by atoms with Crippen LogP contribution in [-0.4, -0.2) is 49.9 Å². The fourth-order valence-corrected chi connectivity index (χ4v) is 3.73. The molecule has 3 rings (SSSR count). The number of pyridine rings is 1. The third kappa shape index (κ3) is 7.45. The number of nitrogens with one attached hydrogen (secondary N) is 2. The predicted octanol–water partition coefficient (Wildman–Crippen LogP) is 3.09. The minimum Gasteiger partial charge on any atom is -0.495 e. The molecule has 1 fully saturated rings. The van der Waals surface area contributed by atoms with Crippen LogP contribution >= 0.6 is 24.0 Å². The van der Waals surface area contributed by atoms with Crippen molar-refractivity contribution in [1.82, 2.24) is 15.2 Å². The quantitative estimate of drug-likeness (QED) is 0.222. The molecule has 0 amide bonds. The van der Waals surface area contributed by atoms with Crippen molar-refractivity contribution in [1.29, 1.82) is 0 Å². The van der Waals surface area contributed by atoms with Crippen LogP contribution in [0.1, 0.15) is 26.2 Å². The Morgan fingerprint density at radius 3 is 2.77 bits per heavy atom. The number of halogens is 1. The summed E-state index contributed by atoms with van der Waals surface area (Å²) in [5.74, 6) is 1.78. The van der Waals surface area contributed by atoms with Crippen LogP contribution in [0.15, 0.2) is 58.4 Å². The van der Waals surface area contributed by atoms with Gasteiger partial charge in [-0.1, -0.05) is 18.2 Å². The summed E-state index contributed by atoms with van der Waals surface area (Å²) in [6, 6.07) is 13.8. The molecule has 0 bridgehead atoms. The van der Waals surface area contributed by atoms with E-state index in [0.717, 1.165) is 69.4 Å². The molecule has 0 radical (unpaired) electrons. The molecule has 1 saturated heterocycles. The van der Waals surface area contributed by atoms with Crippen LogP contribution in [0, 0.1) is 0 Å². The zero-order valence-electron chi connectivity index (χ0n) is 18.4. The molecule has 0 spiro atoms. The van der Waals surface area contributed by atoms with Crippen molar-refractivity contribution in [2.75, 3.05) is 38.2 Å². The van der Waals surface area contributed by atoms with Gasteiger partial charge >= 0.3 is 0 Å². The van der Waals surface area contributed by atoms with Gasteiger partial charge in [0.2, 0.25) is 5.56 Å². The Morgan fingerprint density at radius 2 is 2.00 bits per heavy atom. The fourth-order valence-electron chi connectivity index (χ4n) is 3.73. The highest BCUT2D eigenvalue weighted by Crippen LogP contribution is 2.30. The van der Waals surface area contributed by atoms with Crippen molar-refractivity contribution in [2.24, 2.45) is 4.99 Å². The molecular formula is C23H34IN5O2. The number of aryl methyl sites for hydroxylation is 1. The van der Waals surface area contributed by atoms with Gasteiger partial charge in [0.15, 0.2) is 5.96 Å². The molecule has 1 aromatic heterocycles. The number of rotatable bonds is 9. The fraction of sp³-hybridized carbons (Fsp3) is 0.478. The van der Waals surface area contributed by atoms with Gasteiger partial charge in [-0.25, -0.2) is 0 Å². The van der Waals surface area contributed by atoms with E-state index in [2.05, 4.69) is 28.5 Å². The molecule has 1 aromatic carbocycles. The van der Waals surface area contributed by atoms with Gasteiger partial charge in [-0.05, 0) is 44.4 Å². The zero-order chi connectivity index (χ0) is 21.2. The van der Waals surface area contributed by atoms with E-state index >= 15 is 0 Å². The molecule has 7 nitrogen and oxygen atoms in total. The summed E-state index contributed by atoms with van der Waals surface area (Å²) in [5.41, 5.74) is 1.19. The van der Waals surface area contributed by atoms with E-state index < -0.39 is 0 Å². The zero-order valence-corrected chi connectivity index (χ0v) is 20.7. The van der Waals surface area contributed by atoms with Gasteiger partial charge in [-0.15, -0.1) is 24.0 Å². The lowest BCUT2D eigenvalue weighted by Crippen LogP contribution is -2.44. The summed E-state index contributed by atoms with van der Waals surface area (Å²) >= 11 is 0. The van der Waals surface area contributed by atoms with Crippen molar-refractivity contribution >= 4 is 35.6 Å². The van der Waals surface area contributed by atoms with Gasteiger partial charge in [0.05, 0.1) is 12.8 Å². The van der Waals surface area contributed by atoms with E-state index in [1.54, 1.807) is 23.8 Å². The molecule has 1 unspecified atom stereocenters. The first-order valence-electron chi connectivity index (χ1n) is 10.8. The van der Waals surface area contributed by atoms with Crippen molar-refractivity contribution in [3.63, 3.8) is 0 Å². The first-order valence-corrected chi connectivity index (χ1v) is 10.8. The minimum absolute atomic E-state index is 0. The number of para-hydroxylation sites is 2. The van der Waals surface area contributed by atoms with Gasteiger partial charge in [0.25, 0.3) is 0 Å². The second-order valence-corrected chi connectivity index (χ2v) is 7.45. The molecule has 1 atom stereocenters. The van der Waals surface area contributed by atoms with E-state index in [1.807, 2.05) is 30.5 Å². The summed E-state index contributed by atoms with van der Waals surface area (Å²) in [5, 5.41) is 6.92. The lowest BCUT2D eigenvalue weighted by molar-refractivity contribution is 0.415. The van der Waals surface area contributed by atoms with Crippen molar-refractivity contribution < 1.29 is 4.74 Å². The third-order valence-electron chi connectivity index (χ3n) is 5.28. The average Bonchev–Trinajstić information content (AvgIpc) is 3.23.